The summed E-state index contributed by atoms with van der Waals surface area (Å²) < 4.78 is 49.3. The molecule has 3 heterocycles. The van der Waals surface area contributed by atoms with E-state index in [2.05, 4.69) is 0 Å². The Bertz CT molecular complexity index is 1510. The van der Waals surface area contributed by atoms with Crippen LogP contribution in [0.5, 0.6) is 5.75 Å². The molecule has 36 heavy (non-hydrogen) atoms. The van der Waals surface area contributed by atoms with Gasteiger partial charge in [-0.25, -0.2) is 12.8 Å². The molecular formula is C26H26FN3O4S2. The van der Waals surface area contributed by atoms with E-state index in [4.69, 9.17) is 4.74 Å². The highest BCUT2D eigenvalue weighted by molar-refractivity contribution is 7.89. The molecule has 4 aromatic rings. The zero-order valence-corrected chi connectivity index (χ0v) is 21.6. The number of halogens is 1. The number of fused-ring (bicyclic) bond motifs is 1. The number of sulfonamides is 1. The maximum absolute atomic E-state index is 14.4. The zero-order chi connectivity index (χ0) is 25.4. The molecule has 0 bridgehead atoms. The van der Waals surface area contributed by atoms with E-state index >= 15 is 0 Å². The van der Waals surface area contributed by atoms with Gasteiger partial charge in [0.15, 0.2) is 0 Å². The van der Waals surface area contributed by atoms with Gasteiger partial charge in [-0.2, -0.15) is 4.31 Å². The molecule has 0 radical (unpaired) electrons. The molecular weight excluding hydrogens is 501 g/mol. The number of hydrogen-bond donors (Lipinski definition) is 0. The monoisotopic (exact) mass is 527 g/mol. The molecule has 1 saturated heterocycles. The van der Waals surface area contributed by atoms with Crippen LogP contribution in [0.4, 0.5) is 4.39 Å². The van der Waals surface area contributed by atoms with Crippen molar-refractivity contribution in [3.63, 3.8) is 0 Å². The summed E-state index contributed by atoms with van der Waals surface area (Å²) in [7, 11) is -2.19. The Balaban J connectivity index is 1.38. The lowest BCUT2D eigenvalue weighted by Crippen LogP contribution is -2.55. The van der Waals surface area contributed by atoms with Gasteiger partial charge in [-0.05, 0) is 54.8 Å². The van der Waals surface area contributed by atoms with Gasteiger partial charge in [-0.1, -0.05) is 18.2 Å². The first-order chi connectivity index (χ1) is 17.3. The summed E-state index contributed by atoms with van der Waals surface area (Å²) in [6.07, 6.45) is 0. The van der Waals surface area contributed by atoms with Gasteiger partial charge in [-0.3, -0.25) is 4.79 Å². The van der Waals surface area contributed by atoms with Crippen LogP contribution in [-0.2, 0) is 16.6 Å². The molecule has 0 saturated carbocycles. The lowest BCUT2D eigenvalue weighted by Gasteiger charge is -2.39. The Kier molecular flexibility index (Phi) is 6.59. The van der Waals surface area contributed by atoms with Crippen LogP contribution in [0.25, 0.3) is 10.2 Å². The smallest absolute Gasteiger partial charge is 0.270 e. The van der Waals surface area contributed by atoms with Crippen LogP contribution in [0.15, 0.2) is 70.9 Å². The summed E-state index contributed by atoms with van der Waals surface area (Å²) in [6.45, 7) is 2.74. The SMILES string of the molecule is COc1ccc(S(=O)(=O)N2CCN(C(=O)c3cc4ccsc4n3Cc3ccccc3F)CC2C)cc1. The van der Waals surface area contributed by atoms with E-state index in [-0.39, 0.29) is 42.8 Å². The van der Waals surface area contributed by atoms with Crippen molar-refractivity contribution in [2.75, 3.05) is 26.7 Å². The van der Waals surface area contributed by atoms with Crippen LogP contribution in [0, 0.1) is 5.82 Å². The normalized spacial score (nSPS) is 17.0. The second-order valence-electron chi connectivity index (χ2n) is 8.78. The average molecular weight is 528 g/mol. The third-order valence-corrected chi connectivity index (χ3v) is 9.51. The number of benzene rings is 2. The zero-order valence-electron chi connectivity index (χ0n) is 19.9. The lowest BCUT2D eigenvalue weighted by molar-refractivity contribution is 0.0632. The number of carbonyl (C=O) groups excluding carboxylic acids is 1. The van der Waals surface area contributed by atoms with Crippen molar-refractivity contribution < 1.29 is 22.3 Å². The molecule has 10 heteroatoms. The summed E-state index contributed by atoms with van der Waals surface area (Å²) in [4.78, 5) is 16.4. The van der Waals surface area contributed by atoms with Crippen LogP contribution in [0.3, 0.4) is 0 Å². The largest absolute Gasteiger partial charge is 0.497 e. The second kappa shape index (κ2) is 9.68. The molecule has 1 fully saturated rings. The van der Waals surface area contributed by atoms with E-state index < -0.39 is 16.1 Å². The van der Waals surface area contributed by atoms with Crippen molar-refractivity contribution in [1.82, 2.24) is 13.8 Å². The number of thiophene rings is 1. The standard InChI is InChI=1S/C26H26FN3O4S2/c1-18-16-28(12-13-30(18)36(32,33)22-9-7-21(34-2)8-10-22)25(31)24-15-19-11-14-35-26(19)29(24)17-20-5-3-4-6-23(20)27/h3-11,14-15,18H,12-13,16-17H2,1-2H3. The average Bonchev–Trinajstić information content (AvgIpc) is 3.47. The summed E-state index contributed by atoms with van der Waals surface area (Å²) >= 11 is 1.50. The van der Waals surface area contributed by atoms with Crippen LogP contribution >= 0.6 is 11.3 Å². The summed E-state index contributed by atoms with van der Waals surface area (Å²) in [5.74, 6) is 0.0686. The number of nitrogens with zero attached hydrogens (tertiary/aromatic N) is 3. The van der Waals surface area contributed by atoms with E-state index in [9.17, 15) is 17.6 Å². The first-order valence-electron chi connectivity index (χ1n) is 11.5. The second-order valence-corrected chi connectivity index (χ2v) is 11.6. The Morgan fingerprint density at radius 3 is 2.56 bits per heavy atom. The third kappa shape index (κ3) is 4.40. The fourth-order valence-corrected chi connectivity index (χ4v) is 7.14. The van der Waals surface area contributed by atoms with Gasteiger partial charge < -0.3 is 14.2 Å². The van der Waals surface area contributed by atoms with Crippen molar-refractivity contribution in [3.05, 3.63) is 83.1 Å². The number of hydrogen-bond acceptors (Lipinski definition) is 5. The van der Waals surface area contributed by atoms with E-state index in [0.717, 1.165) is 10.2 Å². The predicted octanol–water partition coefficient (Wildman–Crippen LogP) is 4.43. The number of ether oxygens (including phenoxy) is 1. The van der Waals surface area contributed by atoms with Crippen LogP contribution in [0.1, 0.15) is 23.0 Å². The maximum atomic E-state index is 14.4. The van der Waals surface area contributed by atoms with Gasteiger partial charge in [0.1, 0.15) is 22.1 Å². The van der Waals surface area contributed by atoms with Crippen molar-refractivity contribution in [2.24, 2.45) is 0 Å². The van der Waals surface area contributed by atoms with Gasteiger partial charge >= 0.3 is 0 Å². The summed E-state index contributed by atoms with van der Waals surface area (Å²) in [5.41, 5.74) is 0.972. The molecule has 7 nitrogen and oxygen atoms in total. The number of carbonyl (C=O) groups is 1. The topological polar surface area (TPSA) is 71.9 Å². The van der Waals surface area contributed by atoms with E-state index in [1.807, 2.05) is 22.1 Å². The molecule has 188 valence electrons. The Morgan fingerprint density at radius 2 is 1.86 bits per heavy atom. The van der Waals surface area contributed by atoms with Crippen molar-refractivity contribution in [3.8, 4) is 5.75 Å². The molecule has 2 aromatic carbocycles. The first kappa shape index (κ1) is 24.5. The van der Waals surface area contributed by atoms with E-state index in [1.54, 1.807) is 42.2 Å². The van der Waals surface area contributed by atoms with Gasteiger partial charge in [0.2, 0.25) is 10.0 Å². The van der Waals surface area contributed by atoms with Crippen LogP contribution < -0.4 is 4.74 Å². The van der Waals surface area contributed by atoms with E-state index in [0.29, 0.717) is 17.0 Å². The fourth-order valence-electron chi connectivity index (χ4n) is 4.63. The van der Waals surface area contributed by atoms with E-state index in [1.165, 1.54) is 41.0 Å². The van der Waals surface area contributed by atoms with Crippen molar-refractivity contribution >= 4 is 37.5 Å². The molecule has 2 aromatic heterocycles. The summed E-state index contributed by atoms with van der Waals surface area (Å²) in [6, 6.07) is 16.2. The van der Waals surface area contributed by atoms with Gasteiger partial charge in [0.05, 0.1) is 18.6 Å². The minimum Gasteiger partial charge on any atom is -0.497 e. The van der Waals surface area contributed by atoms with Crippen LogP contribution in [-0.4, -0.2) is 60.9 Å². The highest BCUT2D eigenvalue weighted by atomic mass is 32.2. The Morgan fingerprint density at radius 1 is 1.11 bits per heavy atom. The maximum Gasteiger partial charge on any atom is 0.270 e. The lowest BCUT2D eigenvalue weighted by atomic mass is 10.2. The molecule has 1 aliphatic heterocycles. The van der Waals surface area contributed by atoms with Gasteiger partial charge in [0, 0.05) is 36.6 Å². The number of rotatable bonds is 6. The quantitative estimate of drug-likeness (QED) is 0.372. The number of methoxy groups -OCH3 is 1. The molecule has 0 aliphatic carbocycles. The molecule has 1 unspecified atom stereocenters. The number of piperazine rings is 1. The Labute approximate surface area is 213 Å². The highest BCUT2D eigenvalue weighted by Crippen LogP contribution is 2.29. The fraction of sp³-hybridized carbons (Fsp3) is 0.269. The molecule has 1 aliphatic rings. The minimum atomic E-state index is -3.72. The molecule has 5 rings (SSSR count). The summed E-state index contributed by atoms with van der Waals surface area (Å²) in [5, 5.41) is 2.87. The number of aromatic nitrogens is 1. The first-order valence-corrected chi connectivity index (χ1v) is 13.9. The van der Waals surface area contributed by atoms with Gasteiger partial charge in [0.25, 0.3) is 5.91 Å². The third-order valence-electron chi connectivity index (χ3n) is 6.53. The molecule has 1 amide bonds. The molecule has 0 N–H and O–H groups in total. The molecule has 1 atom stereocenters. The van der Waals surface area contributed by atoms with Crippen molar-refractivity contribution in [2.45, 2.75) is 24.4 Å². The Hall–Kier alpha value is -3.21. The highest BCUT2D eigenvalue weighted by Gasteiger charge is 2.36. The predicted molar refractivity (Wildman–Crippen MR) is 138 cm³/mol. The van der Waals surface area contributed by atoms with Crippen molar-refractivity contribution in [1.29, 1.82) is 0 Å². The molecule has 0 spiro atoms. The van der Waals surface area contributed by atoms with Crippen LogP contribution in [0.2, 0.25) is 0 Å². The minimum absolute atomic E-state index is 0.184. The number of amides is 1. The van der Waals surface area contributed by atoms with Gasteiger partial charge in [-0.15, -0.1) is 11.3 Å².